The summed E-state index contributed by atoms with van der Waals surface area (Å²) in [4.78, 5) is 16.3. The number of rotatable bonds is 7. The topological polar surface area (TPSA) is 77.2 Å². The molecule has 0 aliphatic rings. The van der Waals surface area contributed by atoms with Crippen LogP contribution in [0.4, 0.5) is 0 Å². The third-order valence-electron chi connectivity index (χ3n) is 3.80. The average Bonchev–Trinajstić information content (AvgIpc) is 3.15. The molecule has 7 heteroatoms. The summed E-state index contributed by atoms with van der Waals surface area (Å²) in [5, 5.41) is 7.42. The number of benzene rings is 2. The summed E-state index contributed by atoms with van der Waals surface area (Å²) in [6.45, 7) is 0.386. The fourth-order valence-electron chi connectivity index (χ4n) is 2.38. The van der Waals surface area contributed by atoms with Crippen LogP contribution in [0.1, 0.15) is 17.9 Å². The number of aromatic nitrogens is 2. The van der Waals surface area contributed by atoms with Crippen molar-refractivity contribution in [2.45, 2.75) is 19.4 Å². The van der Waals surface area contributed by atoms with Gasteiger partial charge in [0.25, 0.3) is 0 Å². The zero-order chi connectivity index (χ0) is 18.4. The van der Waals surface area contributed by atoms with E-state index in [1.165, 1.54) is 0 Å². The van der Waals surface area contributed by atoms with Gasteiger partial charge in [-0.2, -0.15) is 4.98 Å². The normalized spacial score (nSPS) is 10.5. The van der Waals surface area contributed by atoms with Crippen LogP contribution < -0.4 is 10.1 Å². The number of halogens is 1. The van der Waals surface area contributed by atoms with Crippen molar-refractivity contribution in [3.8, 4) is 17.1 Å². The molecule has 0 saturated carbocycles. The zero-order valence-corrected chi connectivity index (χ0v) is 15.0. The highest BCUT2D eigenvalue weighted by molar-refractivity contribution is 6.31. The molecule has 0 saturated heterocycles. The lowest BCUT2D eigenvalue weighted by molar-refractivity contribution is -0.121. The van der Waals surface area contributed by atoms with E-state index in [4.69, 9.17) is 20.9 Å². The van der Waals surface area contributed by atoms with Gasteiger partial charge in [-0.15, -0.1) is 0 Å². The minimum absolute atomic E-state index is 0.106. The maximum absolute atomic E-state index is 12.0. The zero-order valence-electron chi connectivity index (χ0n) is 14.2. The van der Waals surface area contributed by atoms with Crippen molar-refractivity contribution in [3.63, 3.8) is 0 Å². The second-order valence-corrected chi connectivity index (χ2v) is 6.02. The first-order chi connectivity index (χ1) is 12.7. The summed E-state index contributed by atoms with van der Waals surface area (Å²) < 4.78 is 10.4. The van der Waals surface area contributed by atoms with Crippen LogP contribution in [-0.2, 0) is 17.8 Å². The van der Waals surface area contributed by atoms with E-state index < -0.39 is 0 Å². The summed E-state index contributed by atoms with van der Waals surface area (Å²) >= 11 is 6.07. The predicted octanol–water partition coefficient (Wildman–Crippen LogP) is 3.65. The summed E-state index contributed by atoms with van der Waals surface area (Å²) in [5.74, 6) is 1.49. The van der Waals surface area contributed by atoms with Gasteiger partial charge in [0.05, 0.1) is 7.11 Å². The number of nitrogens with one attached hydrogen (secondary N) is 1. The number of hydrogen-bond acceptors (Lipinski definition) is 5. The fraction of sp³-hybridized carbons (Fsp3) is 0.211. The largest absolute Gasteiger partial charge is 0.497 e. The Labute approximate surface area is 156 Å². The number of methoxy groups -OCH3 is 1. The first kappa shape index (κ1) is 17.9. The molecular weight excluding hydrogens is 354 g/mol. The first-order valence-corrected chi connectivity index (χ1v) is 8.50. The fourth-order valence-corrected chi connectivity index (χ4v) is 2.58. The monoisotopic (exact) mass is 371 g/mol. The van der Waals surface area contributed by atoms with Crippen LogP contribution in [0.25, 0.3) is 11.4 Å². The van der Waals surface area contributed by atoms with Crippen LogP contribution in [0.5, 0.6) is 5.75 Å². The lowest BCUT2D eigenvalue weighted by Crippen LogP contribution is -2.23. The molecular formula is C19H18ClN3O3. The van der Waals surface area contributed by atoms with Crippen molar-refractivity contribution in [3.05, 3.63) is 65.0 Å². The number of amides is 1. The van der Waals surface area contributed by atoms with Crippen LogP contribution in [-0.4, -0.2) is 23.2 Å². The Morgan fingerprint density at radius 1 is 1.23 bits per heavy atom. The number of carbonyl (C=O) groups is 1. The van der Waals surface area contributed by atoms with Crippen LogP contribution in [0.15, 0.2) is 53.1 Å². The Morgan fingerprint density at radius 3 is 2.88 bits per heavy atom. The van der Waals surface area contributed by atoms with Gasteiger partial charge in [0.1, 0.15) is 5.75 Å². The van der Waals surface area contributed by atoms with Crippen LogP contribution in [0.3, 0.4) is 0 Å². The van der Waals surface area contributed by atoms with Gasteiger partial charge in [0, 0.05) is 30.0 Å². The molecule has 134 valence electrons. The molecule has 1 amide bonds. The van der Waals surface area contributed by atoms with Crippen LogP contribution >= 0.6 is 11.6 Å². The standard InChI is InChI=1S/C19H18ClN3O3/c1-25-15-7-4-6-13(11-15)19-22-18(26-23-19)10-9-17(24)21-12-14-5-2-3-8-16(14)20/h2-8,11H,9-10,12H2,1H3,(H,21,24). The minimum Gasteiger partial charge on any atom is -0.497 e. The molecule has 2 aromatic carbocycles. The summed E-state index contributed by atoms with van der Waals surface area (Å²) in [6, 6.07) is 14.8. The molecule has 0 spiro atoms. The van der Waals surface area contributed by atoms with E-state index in [-0.39, 0.29) is 12.3 Å². The van der Waals surface area contributed by atoms with Gasteiger partial charge in [-0.3, -0.25) is 4.79 Å². The summed E-state index contributed by atoms with van der Waals surface area (Å²) in [5.41, 5.74) is 1.67. The molecule has 3 rings (SSSR count). The van der Waals surface area contributed by atoms with Crippen molar-refractivity contribution in [1.82, 2.24) is 15.5 Å². The second-order valence-electron chi connectivity index (χ2n) is 5.61. The van der Waals surface area contributed by atoms with Crippen molar-refractivity contribution in [2.75, 3.05) is 7.11 Å². The number of ether oxygens (including phenoxy) is 1. The quantitative estimate of drug-likeness (QED) is 0.686. The SMILES string of the molecule is COc1cccc(-c2noc(CCC(=O)NCc3ccccc3Cl)n2)c1. The molecule has 1 aromatic heterocycles. The molecule has 0 aliphatic carbocycles. The Bertz CT molecular complexity index is 895. The highest BCUT2D eigenvalue weighted by Gasteiger charge is 2.11. The summed E-state index contributed by atoms with van der Waals surface area (Å²) in [6.07, 6.45) is 0.621. The van der Waals surface area contributed by atoms with Crippen LogP contribution in [0, 0.1) is 0 Å². The molecule has 0 bridgehead atoms. The average molecular weight is 372 g/mol. The molecule has 1 N–H and O–H groups in total. The highest BCUT2D eigenvalue weighted by Crippen LogP contribution is 2.21. The van der Waals surface area contributed by atoms with E-state index in [9.17, 15) is 4.79 Å². The molecule has 0 aliphatic heterocycles. The van der Waals surface area contributed by atoms with Gasteiger partial charge in [-0.1, -0.05) is 47.1 Å². The molecule has 0 atom stereocenters. The number of nitrogens with zero attached hydrogens (tertiary/aromatic N) is 2. The predicted molar refractivity (Wildman–Crippen MR) is 97.9 cm³/mol. The van der Waals surface area contributed by atoms with Crippen molar-refractivity contribution in [2.24, 2.45) is 0 Å². The molecule has 0 radical (unpaired) electrons. The molecule has 0 fully saturated rings. The minimum atomic E-state index is -0.106. The van der Waals surface area contributed by atoms with Gasteiger partial charge in [0.2, 0.25) is 17.6 Å². The van der Waals surface area contributed by atoms with Crippen molar-refractivity contribution < 1.29 is 14.1 Å². The first-order valence-electron chi connectivity index (χ1n) is 8.13. The smallest absolute Gasteiger partial charge is 0.227 e. The maximum atomic E-state index is 12.0. The number of hydrogen-bond donors (Lipinski definition) is 1. The molecule has 3 aromatic rings. The lowest BCUT2D eigenvalue weighted by atomic mass is 10.2. The molecule has 0 unspecified atom stereocenters. The Balaban J connectivity index is 1.53. The Hall–Kier alpha value is -2.86. The summed E-state index contributed by atoms with van der Waals surface area (Å²) in [7, 11) is 1.60. The molecule has 26 heavy (non-hydrogen) atoms. The van der Waals surface area contributed by atoms with Gasteiger partial charge in [0.15, 0.2) is 0 Å². The van der Waals surface area contributed by atoms with E-state index in [0.29, 0.717) is 35.5 Å². The van der Waals surface area contributed by atoms with Crippen molar-refractivity contribution >= 4 is 17.5 Å². The van der Waals surface area contributed by atoms with E-state index in [2.05, 4.69) is 15.5 Å². The Kier molecular flexibility index (Phi) is 5.86. The van der Waals surface area contributed by atoms with Gasteiger partial charge in [-0.25, -0.2) is 0 Å². The highest BCUT2D eigenvalue weighted by atomic mass is 35.5. The van der Waals surface area contributed by atoms with Gasteiger partial charge >= 0.3 is 0 Å². The van der Waals surface area contributed by atoms with Gasteiger partial charge < -0.3 is 14.6 Å². The number of carbonyl (C=O) groups excluding carboxylic acids is 1. The van der Waals surface area contributed by atoms with E-state index in [1.807, 2.05) is 42.5 Å². The third kappa shape index (κ3) is 4.61. The molecule has 1 heterocycles. The number of aryl methyl sites for hydroxylation is 1. The lowest BCUT2D eigenvalue weighted by Gasteiger charge is -2.05. The second kappa shape index (κ2) is 8.49. The van der Waals surface area contributed by atoms with Crippen molar-refractivity contribution in [1.29, 1.82) is 0 Å². The van der Waals surface area contributed by atoms with E-state index in [0.717, 1.165) is 11.1 Å². The van der Waals surface area contributed by atoms with Gasteiger partial charge in [-0.05, 0) is 23.8 Å². The third-order valence-corrected chi connectivity index (χ3v) is 4.16. The van der Waals surface area contributed by atoms with Crippen LogP contribution in [0.2, 0.25) is 5.02 Å². The van der Waals surface area contributed by atoms with E-state index in [1.54, 1.807) is 13.2 Å². The molecule has 6 nitrogen and oxygen atoms in total. The van der Waals surface area contributed by atoms with E-state index >= 15 is 0 Å². The Morgan fingerprint density at radius 2 is 2.08 bits per heavy atom. The maximum Gasteiger partial charge on any atom is 0.227 e.